The van der Waals surface area contributed by atoms with Crippen molar-refractivity contribution in [3.05, 3.63) is 52.2 Å². The Balaban J connectivity index is 3.26. The molecule has 86 valence electrons. The molecular weight excluding hydrogens is 224 g/mol. The minimum absolute atomic E-state index is 0.0944. The van der Waals surface area contributed by atoms with Crippen LogP contribution in [0.1, 0.15) is 11.1 Å². The van der Waals surface area contributed by atoms with Crippen LogP contribution >= 0.6 is 0 Å². The first-order valence-corrected chi connectivity index (χ1v) is 5.11. The van der Waals surface area contributed by atoms with Crippen molar-refractivity contribution >= 4 is 6.08 Å². The summed E-state index contributed by atoms with van der Waals surface area (Å²) in [6.45, 7) is 1.95. The van der Waals surface area contributed by atoms with Crippen LogP contribution in [0.4, 0.5) is 0 Å². The lowest BCUT2D eigenvalue weighted by Crippen LogP contribution is -2.03. The van der Waals surface area contributed by atoms with Crippen LogP contribution in [-0.2, 0) is 0 Å². The first kappa shape index (κ1) is 13.0. The number of nitrogens with two attached hydrogens (primary N) is 1. The highest BCUT2D eigenvalue weighted by molar-refractivity contribution is 5.66. The number of nitriles is 3. The number of allylic oxidation sites excluding steroid dienone is 2. The van der Waals surface area contributed by atoms with E-state index in [0.29, 0.717) is 0 Å². The zero-order valence-corrected chi connectivity index (χ0v) is 9.81. The second-order valence-corrected chi connectivity index (χ2v) is 3.59. The average Bonchev–Trinajstić information content (AvgIpc) is 2.39. The van der Waals surface area contributed by atoms with Crippen LogP contribution in [0.2, 0.25) is 0 Å². The van der Waals surface area contributed by atoms with Gasteiger partial charge < -0.3 is 5.73 Å². The molecule has 0 saturated heterocycles. The van der Waals surface area contributed by atoms with E-state index in [1.807, 2.05) is 37.3 Å². The minimum Gasteiger partial charge on any atom is -0.396 e. The van der Waals surface area contributed by atoms with Gasteiger partial charge in [0, 0.05) is 0 Å². The molecule has 0 amide bonds. The molecule has 0 atom stereocenters. The third-order valence-electron chi connectivity index (χ3n) is 2.29. The normalized spacial score (nSPS) is 9.78. The van der Waals surface area contributed by atoms with Crippen LogP contribution in [0.5, 0.6) is 0 Å². The third kappa shape index (κ3) is 2.98. The van der Waals surface area contributed by atoms with Gasteiger partial charge in [0.05, 0.1) is 11.3 Å². The van der Waals surface area contributed by atoms with E-state index in [1.165, 1.54) is 0 Å². The standard InChI is InChI=1S/C14H10N4/c1-10-2-4-11(5-3-10)6-12(7-15)14(18)13(8-16)9-17/h2-6H,18H2,1H3/b12-6+. The highest BCUT2D eigenvalue weighted by Gasteiger charge is 2.07. The van der Waals surface area contributed by atoms with Gasteiger partial charge in [-0.15, -0.1) is 0 Å². The SMILES string of the molecule is Cc1ccc(/C=C(\C#N)C(N)=C(C#N)C#N)cc1. The molecule has 0 unspecified atom stereocenters. The van der Waals surface area contributed by atoms with Gasteiger partial charge in [-0.25, -0.2) is 0 Å². The molecule has 0 aliphatic heterocycles. The Morgan fingerprint density at radius 3 is 2.06 bits per heavy atom. The van der Waals surface area contributed by atoms with Crippen molar-refractivity contribution < 1.29 is 0 Å². The van der Waals surface area contributed by atoms with Crippen molar-refractivity contribution in [2.45, 2.75) is 6.92 Å². The maximum absolute atomic E-state index is 9.00. The molecule has 1 aromatic rings. The van der Waals surface area contributed by atoms with Gasteiger partial charge in [-0.2, -0.15) is 15.8 Å². The third-order valence-corrected chi connectivity index (χ3v) is 2.29. The van der Waals surface area contributed by atoms with Crippen LogP contribution in [0.15, 0.2) is 41.1 Å². The summed E-state index contributed by atoms with van der Waals surface area (Å²) in [6.07, 6.45) is 1.55. The molecule has 18 heavy (non-hydrogen) atoms. The first-order chi connectivity index (χ1) is 8.62. The van der Waals surface area contributed by atoms with Gasteiger partial charge in [0.2, 0.25) is 0 Å². The molecule has 0 radical (unpaired) electrons. The van der Waals surface area contributed by atoms with E-state index in [4.69, 9.17) is 21.5 Å². The van der Waals surface area contributed by atoms with Gasteiger partial charge in [-0.05, 0) is 18.6 Å². The summed E-state index contributed by atoms with van der Waals surface area (Å²) in [5, 5.41) is 26.4. The second kappa shape index (κ2) is 5.89. The predicted octanol–water partition coefficient (Wildman–Crippen LogP) is 2.16. The summed E-state index contributed by atoms with van der Waals surface area (Å²) in [6, 6.07) is 12.7. The van der Waals surface area contributed by atoms with E-state index in [2.05, 4.69) is 0 Å². The topological polar surface area (TPSA) is 97.4 Å². The molecule has 0 saturated carbocycles. The van der Waals surface area contributed by atoms with E-state index >= 15 is 0 Å². The van der Waals surface area contributed by atoms with Crippen LogP contribution in [-0.4, -0.2) is 0 Å². The van der Waals surface area contributed by atoms with Gasteiger partial charge in [0.1, 0.15) is 18.2 Å². The van der Waals surface area contributed by atoms with Crippen LogP contribution in [0, 0.1) is 40.9 Å². The smallest absolute Gasteiger partial charge is 0.153 e. The second-order valence-electron chi connectivity index (χ2n) is 3.59. The molecule has 0 aromatic heterocycles. The predicted molar refractivity (Wildman–Crippen MR) is 67.2 cm³/mol. The molecular formula is C14H10N4. The van der Waals surface area contributed by atoms with Crippen LogP contribution in [0.3, 0.4) is 0 Å². The van der Waals surface area contributed by atoms with Gasteiger partial charge in [0.25, 0.3) is 0 Å². The molecule has 1 aromatic carbocycles. The number of hydrogen-bond acceptors (Lipinski definition) is 4. The summed E-state index contributed by atoms with van der Waals surface area (Å²) in [5.41, 5.74) is 7.26. The van der Waals surface area contributed by atoms with Gasteiger partial charge in [-0.3, -0.25) is 0 Å². The Bertz CT molecular complexity index is 612. The van der Waals surface area contributed by atoms with Crippen molar-refractivity contribution in [2.75, 3.05) is 0 Å². The Morgan fingerprint density at radius 1 is 1.06 bits per heavy atom. The molecule has 0 spiro atoms. The van der Waals surface area contributed by atoms with Gasteiger partial charge >= 0.3 is 0 Å². The largest absolute Gasteiger partial charge is 0.396 e. The monoisotopic (exact) mass is 234 g/mol. The van der Waals surface area contributed by atoms with E-state index in [1.54, 1.807) is 18.2 Å². The molecule has 0 aliphatic carbocycles. The van der Waals surface area contributed by atoms with E-state index in [9.17, 15) is 0 Å². The van der Waals surface area contributed by atoms with Crippen molar-refractivity contribution in [2.24, 2.45) is 5.73 Å². The number of benzene rings is 1. The Hall–Kier alpha value is -3.03. The number of aryl methyl sites for hydroxylation is 1. The van der Waals surface area contributed by atoms with Gasteiger partial charge in [-0.1, -0.05) is 29.8 Å². The molecule has 4 heteroatoms. The van der Waals surface area contributed by atoms with Crippen molar-refractivity contribution in [3.8, 4) is 18.2 Å². The zero-order valence-electron chi connectivity index (χ0n) is 9.81. The number of nitrogens with zero attached hydrogens (tertiary/aromatic N) is 3. The molecule has 0 heterocycles. The summed E-state index contributed by atoms with van der Waals surface area (Å²) in [5.74, 6) is 0. The Labute approximate surface area is 105 Å². The average molecular weight is 234 g/mol. The summed E-state index contributed by atoms with van der Waals surface area (Å²) in [4.78, 5) is 0. The fourth-order valence-corrected chi connectivity index (χ4v) is 1.28. The lowest BCUT2D eigenvalue weighted by molar-refractivity contribution is 1.31. The van der Waals surface area contributed by atoms with E-state index in [-0.39, 0.29) is 16.8 Å². The van der Waals surface area contributed by atoms with E-state index in [0.717, 1.165) is 11.1 Å². The fourth-order valence-electron chi connectivity index (χ4n) is 1.28. The highest BCUT2D eigenvalue weighted by Crippen LogP contribution is 2.14. The summed E-state index contributed by atoms with van der Waals surface area (Å²) >= 11 is 0. The molecule has 0 bridgehead atoms. The minimum atomic E-state index is -0.255. The Morgan fingerprint density at radius 2 is 1.61 bits per heavy atom. The summed E-state index contributed by atoms with van der Waals surface area (Å²) < 4.78 is 0. The van der Waals surface area contributed by atoms with Crippen LogP contribution < -0.4 is 5.73 Å². The Kier molecular flexibility index (Phi) is 4.27. The lowest BCUT2D eigenvalue weighted by atomic mass is 10.1. The van der Waals surface area contributed by atoms with Crippen molar-refractivity contribution in [1.82, 2.24) is 0 Å². The van der Waals surface area contributed by atoms with Crippen molar-refractivity contribution in [1.29, 1.82) is 15.8 Å². The molecule has 0 fully saturated rings. The highest BCUT2D eigenvalue weighted by atomic mass is 14.6. The summed E-state index contributed by atoms with van der Waals surface area (Å²) in [7, 11) is 0. The van der Waals surface area contributed by atoms with E-state index < -0.39 is 0 Å². The number of hydrogen-bond donors (Lipinski definition) is 1. The molecule has 0 aliphatic rings. The maximum Gasteiger partial charge on any atom is 0.153 e. The fraction of sp³-hybridized carbons (Fsp3) is 0.0714. The maximum atomic E-state index is 9.00. The number of rotatable bonds is 2. The van der Waals surface area contributed by atoms with Gasteiger partial charge in [0.15, 0.2) is 5.57 Å². The quantitative estimate of drug-likeness (QED) is 0.626. The lowest BCUT2D eigenvalue weighted by Gasteiger charge is -2.00. The first-order valence-electron chi connectivity index (χ1n) is 5.11. The van der Waals surface area contributed by atoms with Crippen LogP contribution in [0.25, 0.3) is 6.08 Å². The van der Waals surface area contributed by atoms with Crippen molar-refractivity contribution in [3.63, 3.8) is 0 Å². The molecule has 2 N–H and O–H groups in total. The molecule has 1 rings (SSSR count). The zero-order chi connectivity index (χ0) is 13.5. The molecule has 4 nitrogen and oxygen atoms in total.